The maximum absolute atomic E-state index is 7.34. The number of hydrogen-bond donors (Lipinski definition) is 1. The monoisotopic (exact) mass is 559 g/mol. The summed E-state index contributed by atoms with van der Waals surface area (Å²) in [6.07, 6.45) is -0.170. The van der Waals surface area contributed by atoms with Crippen LogP contribution in [0.5, 0.6) is 0 Å². The summed E-state index contributed by atoms with van der Waals surface area (Å²) in [6.45, 7) is 2.77. The minimum absolute atomic E-state index is 0.170. The fraction of sp³-hybridized carbons (Fsp3) is 0.122. The van der Waals surface area contributed by atoms with Gasteiger partial charge in [-0.1, -0.05) is 182 Å². The molecule has 0 saturated carbocycles. The van der Waals surface area contributed by atoms with Crippen LogP contribution in [0.25, 0.3) is 0 Å². The van der Waals surface area contributed by atoms with Gasteiger partial charge in [-0.3, -0.25) is 5.32 Å². The molecule has 212 valence electrons. The van der Waals surface area contributed by atoms with Crippen LogP contribution in [0.2, 0.25) is 0 Å². The predicted octanol–water partition coefficient (Wildman–Crippen LogP) is 8.97. The van der Waals surface area contributed by atoms with Gasteiger partial charge in [0.15, 0.2) is 0 Å². The lowest BCUT2D eigenvalue weighted by molar-refractivity contribution is -0.0390. The smallest absolute Gasteiger partial charge is 0.144 e. The van der Waals surface area contributed by atoms with Crippen molar-refractivity contribution in [1.29, 1.82) is 0 Å². The molecule has 0 saturated heterocycles. The Hall–Kier alpha value is -4.76. The third-order valence-corrected chi connectivity index (χ3v) is 8.19. The SMILES string of the molecule is CC(CNC(c1ccccc1)(c1ccccc1)c1ccccc1)OC(c1ccccc1)(c1ccccc1)c1ccccc1. The van der Waals surface area contributed by atoms with Gasteiger partial charge in [-0.2, -0.15) is 0 Å². The van der Waals surface area contributed by atoms with Gasteiger partial charge < -0.3 is 4.74 Å². The first-order chi connectivity index (χ1) is 21.2. The highest BCUT2D eigenvalue weighted by Crippen LogP contribution is 2.42. The Labute approximate surface area is 255 Å². The molecule has 2 heteroatoms. The van der Waals surface area contributed by atoms with Gasteiger partial charge in [0.2, 0.25) is 0 Å². The van der Waals surface area contributed by atoms with Gasteiger partial charge in [0.05, 0.1) is 11.6 Å². The zero-order valence-electron chi connectivity index (χ0n) is 24.5. The highest BCUT2D eigenvalue weighted by Gasteiger charge is 2.41. The molecule has 1 N–H and O–H groups in total. The lowest BCUT2D eigenvalue weighted by atomic mass is 9.77. The minimum Gasteiger partial charge on any atom is -0.357 e. The largest absolute Gasteiger partial charge is 0.357 e. The molecule has 0 aliphatic heterocycles. The Kier molecular flexibility index (Phi) is 8.60. The fourth-order valence-corrected chi connectivity index (χ4v) is 6.23. The third kappa shape index (κ3) is 5.68. The number of rotatable bonds is 11. The second kappa shape index (κ2) is 13.0. The molecule has 6 aromatic rings. The van der Waals surface area contributed by atoms with Crippen molar-refractivity contribution in [3.63, 3.8) is 0 Å². The van der Waals surface area contributed by atoms with Crippen LogP contribution in [0.1, 0.15) is 40.3 Å². The van der Waals surface area contributed by atoms with Crippen LogP contribution >= 0.6 is 0 Å². The van der Waals surface area contributed by atoms with Gasteiger partial charge in [-0.25, -0.2) is 0 Å². The quantitative estimate of drug-likeness (QED) is 0.160. The van der Waals surface area contributed by atoms with E-state index >= 15 is 0 Å². The highest BCUT2D eigenvalue weighted by molar-refractivity contribution is 5.50. The number of hydrogen-bond acceptors (Lipinski definition) is 2. The summed E-state index contributed by atoms with van der Waals surface area (Å²) >= 11 is 0. The van der Waals surface area contributed by atoms with Crippen LogP contribution in [0.15, 0.2) is 182 Å². The normalized spacial score (nSPS) is 12.5. The molecule has 6 rings (SSSR count). The summed E-state index contributed by atoms with van der Waals surface area (Å²) in [4.78, 5) is 0. The van der Waals surface area contributed by atoms with Crippen molar-refractivity contribution >= 4 is 0 Å². The van der Waals surface area contributed by atoms with Gasteiger partial charge >= 0.3 is 0 Å². The van der Waals surface area contributed by atoms with Gasteiger partial charge in [0.25, 0.3) is 0 Å². The van der Waals surface area contributed by atoms with E-state index in [2.05, 4.69) is 194 Å². The summed E-state index contributed by atoms with van der Waals surface area (Å²) in [5.41, 5.74) is 5.47. The average molecular weight is 560 g/mol. The Morgan fingerprint density at radius 2 is 0.674 bits per heavy atom. The Bertz CT molecular complexity index is 1480. The molecule has 0 fully saturated rings. The van der Waals surface area contributed by atoms with Gasteiger partial charge in [-0.05, 0) is 40.3 Å². The zero-order chi connectivity index (χ0) is 29.4. The van der Waals surface area contributed by atoms with Crippen LogP contribution in [0.3, 0.4) is 0 Å². The zero-order valence-corrected chi connectivity index (χ0v) is 24.5. The first kappa shape index (κ1) is 28.4. The van der Waals surface area contributed by atoms with Crippen LogP contribution in [0, 0.1) is 0 Å². The molecule has 1 atom stereocenters. The van der Waals surface area contributed by atoms with E-state index < -0.39 is 11.1 Å². The van der Waals surface area contributed by atoms with Crippen molar-refractivity contribution in [2.75, 3.05) is 6.54 Å². The van der Waals surface area contributed by atoms with Crippen LogP contribution < -0.4 is 5.32 Å². The highest BCUT2D eigenvalue weighted by atomic mass is 16.5. The summed E-state index contributed by atoms with van der Waals surface area (Å²) in [5.74, 6) is 0. The second-order valence-corrected chi connectivity index (χ2v) is 10.9. The van der Waals surface area contributed by atoms with E-state index in [1.807, 2.05) is 0 Å². The molecule has 1 unspecified atom stereocenters. The molecule has 43 heavy (non-hydrogen) atoms. The van der Waals surface area contributed by atoms with Gasteiger partial charge in [-0.15, -0.1) is 0 Å². The Balaban J connectivity index is 1.44. The first-order valence-corrected chi connectivity index (χ1v) is 15.0. The number of ether oxygens (including phenoxy) is 1. The molecule has 0 aliphatic carbocycles. The number of nitrogens with one attached hydrogen (secondary N) is 1. The Morgan fingerprint density at radius 3 is 0.953 bits per heavy atom. The number of benzene rings is 6. The van der Waals surface area contributed by atoms with Crippen molar-refractivity contribution in [3.05, 3.63) is 215 Å². The van der Waals surface area contributed by atoms with Gasteiger partial charge in [0, 0.05) is 6.54 Å². The Morgan fingerprint density at radius 1 is 0.419 bits per heavy atom. The van der Waals surface area contributed by atoms with E-state index in [1.165, 1.54) is 16.7 Å². The lowest BCUT2D eigenvalue weighted by Gasteiger charge is -2.41. The summed E-state index contributed by atoms with van der Waals surface area (Å²) in [7, 11) is 0. The maximum atomic E-state index is 7.34. The minimum atomic E-state index is -0.792. The van der Waals surface area contributed by atoms with E-state index in [1.54, 1.807) is 0 Å². The molecular formula is C41H37NO. The van der Waals surface area contributed by atoms with Crippen molar-refractivity contribution in [2.45, 2.75) is 24.2 Å². The predicted molar refractivity (Wildman–Crippen MR) is 177 cm³/mol. The summed E-state index contributed by atoms with van der Waals surface area (Å²) in [6, 6.07) is 63.9. The molecule has 0 aromatic heterocycles. The summed E-state index contributed by atoms with van der Waals surface area (Å²) < 4.78 is 7.34. The van der Waals surface area contributed by atoms with Crippen molar-refractivity contribution < 1.29 is 4.74 Å². The molecule has 0 heterocycles. The molecule has 6 aromatic carbocycles. The van der Waals surface area contributed by atoms with Gasteiger partial charge in [0.1, 0.15) is 5.60 Å². The molecule has 0 radical (unpaired) electrons. The van der Waals surface area contributed by atoms with E-state index in [9.17, 15) is 0 Å². The summed E-state index contributed by atoms with van der Waals surface area (Å²) in [5, 5.41) is 4.03. The topological polar surface area (TPSA) is 21.3 Å². The first-order valence-electron chi connectivity index (χ1n) is 15.0. The van der Waals surface area contributed by atoms with E-state index in [0.717, 1.165) is 16.7 Å². The van der Waals surface area contributed by atoms with Crippen molar-refractivity contribution in [1.82, 2.24) is 5.32 Å². The molecule has 0 amide bonds. The van der Waals surface area contributed by atoms with Crippen LogP contribution in [0.4, 0.5) is 0 Å². The lowest BCUT2D eigenvalue weighted by Crippen LogP contribution is -2.49. The molecule has 0 spiro atoms. The molecule has 0 bridgehead atoms. The fourth-order valence-electron chi connectivity index (χ4n) is 6.23. The second-order valence-electron chi connectivity index (χ2n) is 10.9. The molecule has 2 nitrogen and oxygen atoms in total. The standard InChI is InChI=1S/C41H37NO/c1-33(43-41(37-26-14-5-15-27-37,38-28-16-6-17-29-38)39-30-18-7-19-31-39)32-42-40(34-20-8-2-9-21-34,35-22-10-3-11-23-35)36-24-12-4-13-25-36/h2-31,33,42H,32H2,1H3. The van der Waals surface area contributed by atoms with E-state index in [4.69, 9.17) is 4.74 Å². The van der Waals surface area contributed by atoms with Crippen LogP contribution in [-0.2, 0) is 15.9 Å². The van der Waals surface area contributed by atoms with E-state index in [-0.39, 0.29) is 6.10 Å². The maximum Gasteiger partial charge on any atom is 0.144 e. The average Bonchev–Trinajstić information content (AvgIpc) is 3.10. The van der Waals surface area contributed by atoms with E-state index in [0.29, 0.717) is 6.54 Å². The van der Waals surface area contributed by atoms with Crippen LogP contribution in [-0.4, -0.2) is 12.6 Å². The third-order valence-electron chi connectivity index (χ3n) is 8.19. The van der Waals surface area contributed by atoms with Crippen molar-refractivity contribution in [3.8, 4) is 0 Å². The molecular weight excluding hydrogens is 522 g/mol. The van der Waals surface area contributed by atoms with Crippen molar-refractivity contribution in [2.24, 2.45) is 0 Å². The molecule has 0 aliphatic rings.